The molecule has 0 saturated heterocycles. The number of hydrogen-bond acceptors (Lipinski definition) is 7. The van der Waals surface area contributed by atoms with Gasteiger partial charge in [-0.1, -0.05) is 0 Å². The molecule has 7 heteroatoms. The average molecular weight is 304 g/mol. The standard InChI is InChI=1S/C13H20O6S/c1-8(2)19-10(14)9(3)20-12(16)18-7-17-11(15)13(4)5-6-13/h8-9H,5-7H2,1-4H3. The maximum absolute atomic E-state index is 11.5. The summed E-state index contributed by atoms with van der Waals surface area (Å²) in [5, 5.41) is -1.34. The number of rotatable bonds is 6. The van der Waals surface area contributed by atoms with E-state index < -0.39 is 28.7 Å². The smallest absolute Gasteiger partial charge is 0.371 e. The van der Waals surface area contributed by atoms with Crippen molar-refractivity contribution in [2.75, 3.05) is 6.79 Å². The van der Waals surface area contributed by atoms with Crippen LogP contribution in [0.15, 0.2) is 0 Å². The number of carbonyl (C=O) groups excluding carboxylic acids is 3. The first-order valence-electron chi connectivity index (χ1n) is 6.46. The molecule has 0 aromatic carbocycles. The van der Waals surface area contributed by atoms with Gasteiger partial charge < -0.3 is 14.2 Å². The summed E-state index contributed by atoms with van der Waals surface area (Å²) in [6.45, 7) is 6.38. The van der Waals surface area contributed by atoms with Crippen LogP contribution in [0.25, 0.3) is 0 Å². The van der Waals surface area contributed by atoms with Gasteiger partial charge in [-0.25, -0.2) is 4.79 Å². The Balaban J connectivity index is 2.19. The zero-order valence-electron chi connectivity index (χ0n) is 12.1. The fourth-order valence-corrected chi connectivity index (χ4v) is 1.81. The van der Waals surface area contributed by atoms with E-state index in [0.717, 1.165) is 12.8 Å². The third kappa shape index (κ3) is 5.40. The summed E-state index contributed by atoms with van der Waals surface area (Å²) in [5.41, 5.74) is -0.409. The maximum Gasteiger partial charge on any atom is 0.371 e. The Labute approximate surface area is 122 Å². The van der Waals surface area contributed by atoms with Crippen molar-refractivity contribution >= 4 is 29.0 Å². The molecule has 114 valence electrons. The zero-order valence-corrected chi connectivity index (χ0v) is 13.0. The summed E-state index contributed by atoms with van der Waals surface area (Å²) >= 11 is 0.697. The molecule has 0 amide bonds. The van der Waals surface area contributed by atoms with E-state index in [1.165, 1.54) is 0 Å². The predicted molar refractivity (Wildman–Crippen MR) is 73.1 cm³/mol. The van der Waals surface area contributed by atoms with Gasteiger partial charge in [0.15, 0.2) is 0 Å². The van der Waals surface area contributed by atoms with Crippen molar-refractivity contribution in [1.82, 2.24) is 0 Å². The van der Waals surface area contributed by atoms with Crippen molar-refractivity contribution in [2.24, 2.45) is 5.41 Å². The molecule has 1 unspecified atom stereocenters. The average Bonchev–Trinajstić information content (AvgIpc) is 3.07. The highest BCUT2D eigenvalue weighted by atomic mass is 32.2. The number of hydrogen-bond donors (Lipinski definition) is 0. The van der Waals surface area contributed by atoms with Crippen LogP contribution in [0.2, 0.25) is 0 Å². The van der Waals surface area contributed by atoms with Crippen LogP contribution in [-0.4, -0.2) is 35.4 Å². The number of thioether (sulfide) groups is 1. The molecule has 1 aliphatic rings. The van der Waals surface area contributed by atoms with Gasteiger partial charge in [0.05, 0.1) is 11.5 Å². The molecule has 0 aromatic rings. The van der Waals surface area contributed by atoms with Crippen molar-refractivity contribution in [3.63, 3.8) is 0 Å². The van der Waals surface area contributed by atoms with E-state index in [9.17, 15) is 14.4 Å². The molecule has 1 atom stereocenters. The molecule has 0 bridgehead atoms. The van der Waals surface area contributed by atoms with E-state index in [-0.39, 0.29) is 12.1 Å². The first kappa shape index (κ1) is 16.8. The monoisotopic (exact) mass is 304 g/mol. The summed E-state index contributed by atoms with van der Waals surface area (Å²) in [5.74, 6) is -0.841. The first-order chi connectivity index (χ1) is 9.24. The molecule has 20 heavy (non-hydrogen) atoms. The summed E-state index contributed by atoms with van der Waals surface area (Å²) in [7, 11) is 0. The molecule has 0 radical (unpaired) electrons. The Morgan fingerprint density at radius 1 is 1.15 bits per heavy atom. The molecule has 0 aliphatic heterocycles. The number of ether oxygens (including phenoxy) is 3. The Kier molecular flexibility index (Phi) is 5.86. The molecular formula is C13H20O6S. The quantitative estimate of drug-likeness (QED) is 0.551. The van der Waals surface area contributed by atoms with Gasteiger partial charge in [0.2, 0.25) is 6.79 Å². The van der Waals surface area contributed by atoms with Crippen molar-refractivity contribution < 1.29 is 28.6 Å². The highest BCUT2D eigenvalue weighted by Crippen LogP contribution is 2.45. The van der Waals surface area contributed by atoms with Crippen LogP contribution in [0.4, 0.5) is 4.79 Å². The van der Waals surface area contributed by atoms with Gasteiger partial charge in [-0.3, -0.25) is 9.59 Å². The topological polar surface area (TPSA) is 78.9 Å². The van der Waals surface area contributed by atoms with Gasteiger partial charge in [0, 0.05) is 0 Å². The number of carbonyl (C=O) groups is 3. The molecule has 0 aromatic heterocycles. The molecule has 1 aliphatic carbocycles. The van der Waals surface area contributed by atoms with Gasteiger partial charge in [0.1, 0.15) is 5.25 Å². The largest absolute Gasteiger partial charge is 0.462 e. The minimum Gasteiger partial charge on any atom is -0.462 e. The van der Waals surface area contributed by atoms with Gasteiger partial charge in [-0.2, -0.15) is 0 Å². The second-order valence-corrected chi connectivity index (χ2v) is 6.53. The molecule has 6 nitrogen and oxygen atoms in total. The second-order valence-electron chi connectivity index (χ2n) is 5.25. The van der Waals surface area contributed by atoms with Gasteiger partial charge in [0.25, 0.3) is 0 Å². The minimum absolute atomic E-state index is 0.234. The van der Waals surface area contributed by atoms with Gasteiger partial charge in [-0.05, 0) is 52.3 Å². The molecule has 1 saturated carbocycles. The Morgan fingerprint density at radius 3 is 2.25 bits per heavy atom. The zero-order chi connectivity index (χ0) is 15.3. The van der Waals surface area contributed by atoms with Crippen molar-refractivity contribution in [2.45, 2.75) is 51.9 Å². The SMILES string of the molecule is CC(C)OC(=O)C(C)SC(=O)OCOC(=O)C1(C)CC1. The fraction of sp³-hybridized carbons (Fsp3) is 0.769. The van der Waals surface area contributed by atoms with E-state index in [1.807, 2.05) is 0 Å². The van der Waals surface area contributed by atoms with E-state index in [1.54, 1.807) is 27.7 Å². The molecule has 1 rings (SSSR count). The van der Waals surface area contributed by atoms with Crippen molar-refractivity contribution in [3.05, 3.63) is 0 Å². The Morgan fingerprint density at radius 2 is 1.75 bits per heavy atom. The van der Waals surface area contributed by atoms with E-state index in [4.69, 9.17) is 14.2 Å². The van der Waals surface area contributed by atoms with Crippen LogP contribution >= 0.6 is 11.8 Å². The molecule has 0 N–H and O–H groups in total. The Hall–Kier alpha value is -1.24. The van der Waals surface area contributed by atoms with Crippen molar-refractivity contribution in [3.8, 4) is 0 Å². The third-order valence-corrected chi connectivity index (χ3v) is 3.67. The van der Waals surface area contributed by atoms with Crippen molar-refractivity contribution in [1.29, 1.82) is 0 Å². The van der Waals surface area contributed by atoms with Crippen LogP contribution in [0, 0.1) is 5.41 Å². The first-order valence-corrected chi connectivity index (χ1v) is 7.34. The van der Waals surface area contributed by atoms with E-state index in [0.29, 0.717) is 11.8 Å². The summed E-state index contributed by atoms with van der Waals surface area (Å²) < 4.78 is 14.5. The lowest BCUT2D eigenvalue weighted by molar-refractivity contribution is -0.157. The number of esters is 2. The Bertz CT molecular complexity index is 388. The molecule has 1 fully saturated rings. The lowest BCUT2D eigenvalue weighted by Crippen LogP contribution is -2.23. The van der Waals surface area contributed by atoms with Gasteiger partial charge >= 0.3 is 17.2 Å². The lowest BCUT2D eigenvalue weighted by Gasteiger charge is -2.13. The third-order valence-electron chi connectivity index (χ3n) is 2.82. The second kappa shape index (κ2) is 6.97. The summed E-state index contributed by atoms with van der Waals surface area (Å²) in [6.07, 6.45) is 1.36. The highest BCUT2D eigenvalue weighted by molar-refractivity contribution is 8.14. The van der Waals surface area contributed by atoms with Crippen LogP contribution in [0.5, 0.6) is 0 Å². The van der Waals surface area contributed by atoms with E-state index in [2.05, 4.69) is 0 Å². The highest BCUT2D eigenvalue weighted by Gasteiger charge is 2.46. The molecule has 0 heterocycles. The van der Waals surface area contributed by atoms with E-state index >= 15 is 0 Å². The molecule has 0 spiro atoms. The van der Waals surface area contributed by atoms with Crippen LogP contribution in [-0.2, 0) is 23.8 Å². The fourth-order valence-electron chi connectivity index (χ4n) is 1.25. The normalized spacial score (nSPS) is 17.2. The van der Waals surface area contributed by atoms with Crippen LogP contribution in [0.1, 0.15) is 40.5 Å². The van der Waals surface area contributed by atoms with Crippen LogP contribution in [0.3, 0.4) is 0 Å². The lowest BCUT2D eigenvalue weighted by atomic mass is 10.1. The minimum atomic E-state index is -0.674. The predicted octanol–water partition coefficient (Wildman–Crippen LogP) is 2.50. The van der Waals surface area contributed by atoms with Gasteiger partial charge in [-0.15, -0.1) is 0 Å². The summed E-state index contributed by atoms with van der Waals surface area (Å²) in [6, 6.07) is 0. The summed E-state index contributed by atoms with van der Waals surface area (Å²) in [4.78, 5) is 34.4. The molecular weight excluding hydrogens is 284 g/mol. The van der Waals surface area contributed by atoms with Crippen LogP contribution < -0.4 is 0 Å². The maximum atomic E-state index is 11.5.